The van der Waals surface area contributed by atoms with Crippen molar-refractivity contribution in [2.24, 2.45) is 0 Å². The van der Waals surface area contributed by atoms with Crippen LogP contribution >= 0.6 is 7.82 Å². The van der Waals surface area contributed by atoms with E-state index in [9.17, 15) is 19.4 Å². The number of likely N-dealkylation sites (N-methyl/N-ethyl adjacent to an activating group) is 1. The molecule has 0 spiro atoms. The molecule has 402 valence electrons. The molecule has 67 heavy (non-hydrogen) atoms. The fourth-order valence-corrected chi connectivity index (χ4v) is 10.1. The second-order valence-electron chi connectivity index (χ2n) is 22.1. The third-order valence-corrected chi connectivity index (χ3v) is 15.1. The molecule has 1 amide bonds. The van der Waals surface area contributed by atoms with Gasteiger partial charge >= 0.3 is 7.82 Å². The predicted molar refractivity (Wildman–Crippen MR) is 291 cm³/mol. The Labute approximate surface area is 419 Å². The molecule has 8 nitrogen and oxygen atoms in total. The Bertz CT molecular complexity index is 1060. The first kappa shape index (κ1) is 66.5. The molecule has 0 aromatic heterocycles. The first-order valence-corrected chi connectivity index (χ1v) is 31.4. The number of hydrogen-bond acceptors (Lipinski definition) is 5. The zero-order valence-electron chi connectivity index (χ0n) is 45.9. The fourth-order valence-electron chi connectivity index (χ4n) is 9.40. The van der Waals surface area contributed by atoms with Crippen molar-refractivity contribution in [2.45, 2.75) is 328 Å². The van der Waals surface area contributed by atoms with E-state index in [1.165, 1.54) is 250 Å². The van der Waals surface area contributed by atoms with Gasteiger partial charge < -0.3 is 19.8 Å². The zero-order valence-corrected chi connectivity index (χ0v) is 46.8. The summed E-state index contributed by atoms with van der Waals surface area (Å²) in [5, 5.41) is 14.0. The molecule has 3 N–H and O–H groups in total. The zero-order chi connectivity index (χ0) is 49.2. The molecule has 0 heterocycles. The van der Waals surface area contributed by atoms with Gasteiger partial charge in [0.05, 0.1) is 39.9 Å². The van der Waals surface area contributed by atoms with E-state index in [0.29, 0.717) is 23.9 Å². The van der Waals surface area contributed by atoms with Crippen LogP contribution in [0.4, 0.5) is 0 Å². The molecule has 0 aliphatic rings. The summed E-state index contributed by atoms with van der Waals surface area (Å²) in [6.45, 7) is 4.93. The van der Waals surface area contributed by atoms with E-state index < -0.39 is 20.0 Å². The van der Waals surface area contributed by atoms with Gasteiger partial charge in [0.1, 0.15) is 13.2 Å². The molecule has 0 aromatic carbocycles. The van der Waals surface area contributed by atoms with Crippen molar-refractivity contribution in [3.05, 3.63) is 0 Å². The number of carbonyl (C=O) groups is 1. The second-order valence-corrected chi connectivity index (χ2v) is 23.5. The standard InChI is InChI=1S/C58H119N2O6P/c1-6-8-10-12-14-16-18-20-21-22-23-24-25-26-27-28-29-30-31-32-33-34-35-36-37-38-40-42-44-46-48-50-52-58(62)59-56(55-66-67(63,64)65-54-53-60(3,4)5)57(61)51-49-47-45-43-41-39-19-17-15-13-11-9-7-2/h56-57,61H,6-55H2,1-5H3,(H-,59,62,63,64)/p+1. The van der Waals surface area contributed by atoms with Crippen LogP contribution in [0.3, 0.4) is 0 Å². The Morgan fingerprint density at radius 2 is 0.716 bits per heavy atom. The van der Waals surface area contributed by atoms with Crippen molar-refractivity contribution in [2.75, 3.05) is 40.9 Å². The van der Waals surface area contributed by atoms with Gasteiger partial charge in [-0.3, -0.25) is 13.8 Å². The molecule has 0 aliphatic heterocycles. The predicted octanol–water partition coefficient (Wildman–Crippen LogP) is 18.0. The monoisotopic (exact) mass is 972 g/mol. The van der Waals surface area contributed by atoms with E-state index >= 15 is 0 Å². The van der Waals surface area contributed by atoms with Crippen LogP contribution in [-0.2, 0) is 18.4 Å². The van der Waals surface area contributed by atoms with Gasteiger partial charge in [-0.2, -0.15) is 0 Å². The van der Waals surface area contributed by atoms with Crippen LogP contribution in [0.25, 0.3) is 0 Å². The number of carbonyl (C=O) groups excluding carboxylic acids is 1. The third-order valence-electron chi connectivity index (χ3n) is 14.1. The average Bonchev–Trinajstić information content (AvgIpc) is 3.29. The summed E-state index contributed by atoms with van der Waals surface area (Å²) in [4.78, 5) is 23.3. The Morgan fingerprint density at radius 1 is 0.448 bits per heavy atom. The summed E-state index contributed by atoms with van der Waals surface area (Å²) in [6.07, 6.45) is 60.4. The number of amides is 1. The Morgan fingerprint density at radius 3 is 1.00 bits per heavy atom. The molecule has 0 radical (unpaired) electrons. The first-order valence-electron chi connectivity index (χ1n) is 29.9. The minimum absolute atomic E-state index is 0.0789. The smallest absolute Gasteiger partial charge is 0.391 e. The lowest BCUT2D eigenvalue weighted by Gasteiger charge is -2.26. The molecule has 0 aliphatic carbocycles. The van der Waals surface area contributed by atoms with Gasteiger partial charge in [0.2, 0.25) is 5.91 Å². The molecular weight excluding hydrogens is 852 g/mol. The molecule has 0 fully saturated rings. The summed E-state index contributed by atoms with van der Waals surface area (Å²) in [5.74, 6) is -0.137. The van der Waals surface area contributed by atoms with Gasteiger partial charge in [0.25, 0.3) is 0 Å². The van der Waals surface area contributed by atoms with Crippen molar-refractivity contribution >= 4 is 13.7 Å². The van der Waals surface area contributed by atoms with Crippen LogP contribution in [-0.4, -0.2) is 73.4 Å². The topological polar surface area (TPSA) is 105 Å². The second kappa shape index (κ2) is 50.4. The fraction of sp³-hybridized carbons (Fsp3) is 0.983. The molecular formula is C58H120N2O6P+. The van der Waals surface area contributed by atoms with Crippen LogP contribution < -0.4 is 5.32 Å². The number of unbranched alkanes of at least 4 members (excludes halogenated alkanes) is 43. The Hall–Kier alpha value is -0.500. The van der Waals surface area contributed by atoms with E-state index in [-0.39, 0.29) is 19.1 Å². The molecule has 0 saturated heterocycles. The number of rotatable bonds is 56. The quantitative estimate of drug-likeness (QED) is 0.0319. The van der Waals surface area contributed by atoms with Crippen molar-refractivity contribution in [1.82, 2.24) is 5.32 Å². The normalized spacial score (nSPS) is 13.8. The number of phosphoric ester groups is 1. The highest BCUT2D eigenvalue weighted by molar-refractivity contribution is 7.47. The maximum Gasteiger partial charge on any atom is 0.472 e. The Kier molecular flexibility index (Phi) is 50.1. The number of nitrogens with zero attached hydrogens (tertiary/aromatic N) is 1. The number of quaternary nitrogens is 1. The number of aliphatic hydroxyl groups excluding tert-OH is 1. The average molecular weight is 973 g/mol. The van der Waals surface area contributed by atoms with E-state index in [0.717, 1.165) is 38.5 Å². The van der Waals surface area contributed by atoms with Crippen LogP contribution in [0, 0.1) is 0 Å². The molecule has 9 heteroatoms. The number of hydrogen-bond donors (Lipinski definition) is 3. The summed E-state index contributed by atoms with van der Waals surface area (Å²) in [5.41, 5.74) is 0. The lowest BCUT2D eigenvalue weighted by molar-refractivity contribution is -0.870. The van der Waals surface area contributed by atoms with Crippen molar-refractivity contribution in [1.29, 1.82) is 0 Å². The summed E-state index contributed by atoms with van der Waals surface area (Å²) in [6, 6.07) is -0.754. The highest BCUT2D eigenvalue weighted by atomic mass is 31.2. The van der Waals surface area contributed by atoms with E-state index in [1.807, 2.05) is 21.1 Å². The van der Waals surface area contributed by atoms with Gasteiger partial charge in [0.15, 0.2) is 0 Å². The van der Waals surface area contributed by atoms with Crippen molar-refractivity contribution in [3.63, 3.8) is 0 Å². The van der Waals surface area contributed by atoms with Crippen LogP contribution in [0.5, 0.6) is 0 Å². The molecule has 0 saturated carbocycles. The molecule has 0 aromatic rings. The van der Waals surface area contributed by atoms with Crippen molar-refractivity contribution in [3.8, 4) is 0 Å². The number of nitrogens with one attached hydrogen (secondary N) is 1. The molecule has 3 unspecified atom stereocenters. The lowest BCUT2D eigenvalue weighted by atomic mass is 10.0. The van der Waals surface area contributed by atoms with E-state index in [2.05, 4.69) is 19.2 Å². The SMILES string of the molecule is CCCCCCCCCCCCCCCCCCCCCCCCCCCCCCCCCCC(=O)NC(COP(=O)(O)OCC[N+](C)(C)C)C(O)CCCCCCCCCCCCCCC. The van der Waals surface area contributed by atoms with Gasteiger partial charge in [-0.1, -0.05) is 296 Å². The highest BCUT2D eigenvalue weighted by Crippen LogP contribution is 2.43. The molecule has 0 bridgehead atoms. The van der Waals surface area contributed by atoms with E-state index in [4.69, 9.17) is 9.05 Å². The van der Waals surface area contributed by atoms with Gasteiger partial charge in [-0.15, -0.1) is 0 Å². The van der Waals surface area contributed by atoms with Gasteiger partial charge in [0, 0.05) is 6.42 Å². The van der Waals surface area contributed by atoms with Gasteiger partial charge in [-0.25, -0.2) is 4.57 Å². The molecule has 3 atom stereocenters. The first-order chi connectivity index (χ1) is 32.5. The van der Waals surface area contributed by atoms with Crippen LogP contribution in [0.2, 0.25) is 0 Å². The molecule has 0 rings (SSSR count). The maximum atomic E-state index is 13.0. The van der Waals surface area contributed by atoms with Crippen molar-refractivity contribution < 1.29 is 32.9 Å². The lowest BCUT2D eigenvalue weighted by Crippen LogP contribution is -2.46. The largest absolute Gasteiger partial charge is 0.472 e. The summed E-state index contributed by atoms with van der Waals surface area (Å²) < 4.78 is 23.7. The van der Waals surface area contributed by atoms with Crippen LogP contribution in [0.1, 0.15) is 316 Å². The van der Waals surface area contributed by atoms with Crippen LogP contribution in [0.15, 0.2) is 0 Å². The maximum absolute atomic E-state index is 13.0. The number of phosphoric acid groups is 1. The van der Waals surface area contributed by atoms with Gasteiger partial charge in [-0.05, 0) is 12.8 Å². The summed E-state index contributed by atoms with van der Waals surface area (Å²) >= 11 is 0. The third kappa shape index (κ3) is 53.1. The minimum atomic E-state index is -4.31. The minimum Gasteiger partial charge on any atom is -0.391 e. The Balaban J connectivity index is 3.92. The van der Waals surface area contributed by atoms with E-state index in [1.54, 1.807) is 0 Å². The number of aliphatic hydroxyl groups is 1. The highest BCUT2D eigenvalue weighted by Gasteiger charge is 2.28. The summed E-state index contributed by atoms with van der Waals surface area (Å²) in [7, 11) is 1.63.